The molecule has 0 radical (unpaired) electrons. The van der Waals surface area contributed by atoms with E-state index in [-0.39, 0.29) is 18.3 Å². The molecule has 0 heterocycles. The first-order valence-electron chi connectivity index (χ1n) is 6.05. The first-order valence-corrected chi connectivity index (χ1v) is 6.05. The Morgan fingerprint density at radius 1 is 1.25 bits per heavy atom. The molecule has 4 heteroatoms. The highest BCUT2D eigenvalue weighted by Gasteiger charge is 2.11. The van der Waals surface area contributed by atoms with Crippen LogP contribution in [0.1, 0.15) is 26.7 Å². The summed E-state index contributed by atoms with van der Waals surface area (Å²) in [6.45, 7) is 6.83. The molecule has 0 aliphatic rings. The standard InChI is InChI=1S/C12H25NO3/c1-4-5-11(2)12(14)10-16-9-8-15-7-6-13-3/h11,13H,4-10H2,1-3H3. The van der Waals surface area contributed by atoms with Gasteiger partial charge in [-0.05, 0) is 13.5 Å². The third-order valence-corrected chi connectivity index (χ3v) is 2.38. The molecule has 0 spiro atoms. The van der Waals surface area contributed by atoms with Crippen LogP contribution in [0.4, 0.5) is 0 Å². The fraction of sp³-hybridized carbons (Fsp3) is 0.917. The first-order chi connectivity index (χ1) is 7.72. The van der Waals surface area contributed by atoms with E-state index < -0.39 is 0 Å². The molecular weight excluding hydrogens is 206 g/mol. The fourth-order valence-electron chi connectivity index (χ4n) is 1.30. The van der Waals surface area contributed by atoms with Gasteiger partial charge in [-0.15, -0.1) is 0 Å². The van der Waals surface area contributed by atoms with Crippen molar-refractivity contribution in [3.63, 3.8) is 0 Å². The van der Waals surface area contributed by atoms with Crippen LogP contribution in [0.5, 0.6) is 0 Å². The molecule has 0 aliphatic carbocycles. The van der Waals surface area contributed by atoms with Crippen molar-refractivity contribution in [3.8, 4) is 0 Å². The SMILES string of the molecule is CCCC(C)C(=O)COCCOCCNC. The molecule has 0 aromatic carbocycles. The third-order valence-electron chi connectivity index (χ3n) is 2.38. The molecule has 0 saturated heterocycles. The molecule has 0 fully saturated rings. The maximum Gasteiger partial charge on any atom is 0.161 e. The van der Waals surface area contributed by atoms with Crippen molar-refractivity contribution < 1.29 is 14.3 Å². The van der Waals surface area contributed by atoms with Crippen LogP contribution in [0.25, 0.3) is 0 Å². The van der Waals surface area contributed by atoms with Crippen LogP contribution in [0.3, 0.4) is 0 Å². The van der Waals surface area contributed by atoms with Crippen LogP contribution >= 0.6 is 0 Å². The number of Topliss-reactive ketones (excluding diaryl/α,β-unsaturated/α-hetero) is 1. The minimum Gasteiger partial charge on any atom is -0.378 e. The summed E-state index contributed by atoms with van der Waals surface area (Å²) < 4.78 is 10.5. The van der Waals surface area contributed by atoms with Crippen LogP contribution in [0, 0.1) is 5.92 Å². The summed E-state index contributed by atoms with van der Waals surface area (Å²) in [5.74, 6) is 0.312. The summed E-state index contributed by atoms with van der Waals surface area (Å²) in [6, 6.07) is 0. The largest absolute Gasteiger partial charge is 0.378 e. The lowest BCUT2D eigenvalue weighted by atomic mass is 10.0. The zero-order valence-corrected chi connectivity index (χ0v) is 10.8. The average molecular weight is 231 g/mol. The summed E-state index contributed by atoms with van der Waals surface area (Å²) in [5, 5.41) is 2.99. The normalized spacial score (nSPS) is 12.7. The molecule has 0 aliphatic heterocycles. The second-order valence-corrected chi connectivity index (χ2v) is 3.92. The van der Waals surface area contributed by atoms with E-state index in [0.717, 1.165) is 19.4 Å². The highest BCUT2D eigenvalue weighted by molar-refractivity contribution is 5.81. The minimum atomic E-state index is 0.121. The van der Waals surface area contributed by atoms with Crippen molar-refractivity contribution in [2.45, 2.75) is 26.7 Å². The van der Waals surface area contributed by atoms with Gasteiger partial charge in [0.15, 0.2) is 5.78 Å². The minimum absolute atomic E-state index is 0.121. The topological polar surface area (TPSA) is 47.6 Å². The number of rotatable bonds is 11. The number of carbonyl (C=O) groups is 1. The molecule has 0 bridgehead atoms. The molecule has 96 valence electrons. The molecule has 4 nitrogen and oxygen atoms in total. The molecule has 0 aromatic heterocycles. The van der Waals surface area contributed by atoms with Gasteiger partial charge in [0.05, 0.1) is 19.8 Å². The second-order valence-electron chi connectivity index (χ2n) is 3.92. The smallest absolute Gasteiger partial charge is 0.161 e. The van der Waals surface area contributed by atoms with Crippen molar-refractivity contribution in [2.75, 3.05) is 40.0 Å². The van der Waals surface area contributed by atoms with E-state index in [0.29, 0.717) is 19.8 Å². The van der Waals surface area contributed by atoms with Crippen LogP contribution in [-0.4, -0.2) is 45.8 Å². The molecular formula is C12H25NO3. The Hall–Kier alpha value is -0.450. The first kappa shape index (κ1) is 15.6. The lowest BCUT2D eigenvalue weighted by molar-refractivity contribution is -0.127. The fourth-order valence-corrected chi connectivity index (χ4v) is 1.30. The Balaban J connectivity index is 3.27. The Morgan fingerprint density at radius 3 is 2.56 bits per heavy atom. The molecule has 1 unspecified atom stereocenters. The van der Waals surface area contributed by atoms with Crippen LogP contribution < -0.4 is 5.32 Å². The highest BCUT2D eigenvalue weighted by atomic mass is 16.5. The van der Waals surface area contributed by atoms with Gasteiger partial charge < -0.3 is 14.8 Å². The highest BCUT2D eigenvalue weighted by Crippen LogP contribution is 2.06. The van der Waals surface area contributed by atoms with Gasteiger partial charge in [0.25, 0.3) is 0 Å². The van der Waals surface area contributed by atoms with Gasteiger partial charge in [-0.3, -0.25) is 4.79 Å². The number of hydrogen-bond donors (Lipinski definition) is 1. The zero-order valence-electron chi connectivity index (χ0n) is 10.8. The van der Waals surface area contributed by atoms with Gasteiger partial charge in [0.1, 0.15) is 6.61 Å². The van der Waals surface area contributed by atoms with Crippen molar-refractivity contribution in [2.24, 2.45) is 5.92 Å². The molecule has 0 aromatic rings. The Morgan fingerprint density at radius 2 is 1.94 bits per heavy atom. The average Bonchev–Trinajstić information content (AvgIpc) is 2.28. The predicted octanol–water partition coefficient (Wildman–Crippen LogP) is 1.24. The van der Waals surface area contributed by atoms with Crippen LogP contribution in [0.15, 0.2) is 0 Å². The summed E-state index contributed by atoms with van der Waals surface area (Å²) in [4.78, 5) is 11.5. The zero-order chi connectivity index (χ0) is 12.2. The third kappa shape index (κ3) is 8.83. The van der Waals surface area contributed by atoms with Gasteiger partial charge >= 0.3 is 0 Å². The van der Waals surface area contributed by atoms with E-state index in [9.17, 15) is 4.79 Å². The monoisotopic (exact) mass is 231 g/mol. The van der Waals surface area contributed by atoms with Gasteiger partial charge in [-0.25, -0.2) is 0 Å². The summed E-state index contributed by atoms with van der Waals surface area (Å²) in [5.41, 5.74) is 0. The van der Waals surface area contributed by atoms with Crippen molar-refractivity contribution in [1.82, 2.24) is 5.32 Å². The molecule has 0 amide bonds. The summed E-state index contributed by atoms with van der Waals surface area (Å²) >= 11 is 0. The number of nitrogens with one attached hydrogen (secondary N) is 1. The maximum atomic E-state index is 11.5. The van der Waals surface area contributed by atoms with Gasteiger partial charge in [0.2, 0.25) is 0 Å². The van der Waals surface area contributed by atoms with E-state index in [1.54, 1.807) is 0 Å². The quantitative estimate of drug-likeness (QED) is 0.544. The van der Waals surface area contributed by atoms with E-state index >= 15 is 0 Å². The van der Waals surface area contributed by atoms with E-state index in [4.69, 9.17) is 9.47 Å². The van der Waals surface area contributed by atoms with Gasteiger partial charge in [0, 0.05) is 12.5 Å². The number of likely N-dealkylation sites (N-methyl/N-ethyl adjacent to an activating group) is 1. The van der Waals surface area contributed by atoms with E-state index in [2.05, 4.69) is 12.2 Å². The van der Waals surface area contributed by atoms with Crippen molar-refractivity contribution in [1.29, 1.82) is 0 Å². The lowest BCUT2D eigenvalue weighted by Crippen LogP contribution is -2.20. The molecule has 1 N–H and O–H groups in total. The van der Waals surface area contributed by atoms with E-state index in [1.165, 1.54) is 0 Å². The Kier molecular flexibility index (Phi) is 10.7. The summed E-state index contributed by atoms with van der Waals surface area (Å²) in [6.07, 6.45) is 1.99. The van der Waals surface area contributed by atoms with Crippen LogP contribution in [0.2, 0.25) is 0 Å². The number of hydrogen-bond acceptors (Lipinski definition) is 4. The van der Waals surface area contributed by atoms with Crippen molar-refractivity contribution in [3.05, 3.63) is 0 Å². The Labute approximate surface area is 98.7 Å². The number of ether oxygens (including phenoxy) is 2. The molecule has 0 saturated carbocycles. The second kappa shape index (κ2) is 11.0. The molecule has 16 heavy (non-hydrogen) atoms. The number of ketones is 1. The molecule has 1 atom stereocenters. The molecule has 0 rings (SSSR count). The lowest BCUT2D eigenvalue weighted by Gasteiger charge is -2.09. The summed E-state index contributed by atoms with van der Waals surface area (Å²) in [7, 11) is 1.88. The number of carbonyl (C=O) groups excluding carboxylic acids is 1. The Bertz CT molecular complexity index is 174. The van der Waals surface area contributed by atoms with E-state index in [1.807, 2.05) is 14.0 Å². The van der Waals surface area contributed by atoms with Gasteiger partial charge in [-0.2, -0.15) is 0 Å². The maximum absolute atomic E-state index is 11.5. The van der Waals surface area contributed by atoms with Crippen molar-refractivity contribution >= 4 is 5.78 Å². The van der Waals surface area contributed by atoms with Gasteiger partial charge in [-0.1, -0.05) is 20.3 Å². The predicted molar refractivity (Wildman–Crippen MR) is 64.6 cm³/mol. The van der Waals surface area contributed by atoms with Crippen LogP contribution in [-0.2, 0) is 14.3 Å².